The molecule has 2 rings (SSSR count). The quantitative estimate of drug-likeness (QED) is 0.582. The molecular formula is C18H18O4Zn. The van der Waals surface area contributed by atoms with Gasteiger partial charge in [-0.3, -0.25) is 0 Å². The molecule has 0 radical (unpaired) electrons. The molecule has 0 atom stereocenters. The van der Waals surface area contributed by atoms with Crippen LogP contribution in [-0.4, -0.2) is 25.2 Å². The van der Waals surface area contributed by atoms with Gasteiger partial charge in [-0.25, -0.2) is 0 Å². The predicted molar refractivity (Wildman–Crippen MR) is 84.1 cm³/mol. The van der Waals surface area contributed by atoms with E-state index in [0.29, 0.717) is 24.3 Å². The van der Waals surface area contributed by atoms with E-state index in [1.807, 2.05) is 48.5 Å². The first-order valence-electron chi connectivity index (χ1n) is 7.66. The fourth-order valence-corrected chi connectivity index (χ4v) is 5.15. The van der Waals surface area contributed by atoms with E-state index in [-0.39, 0.29) is 11.9 Å². The van der Waals surface area contributed by atoms with E-state index in [0.717, 1.165) is 0 Å². The van der Waals surface area contributed by atoms with Crippen LogP contribution in [0.15, 0.2) is 48.5 Å². The molecule has 2 aromatic carbocycles. The molecule has 0 fully saturated rings. The maximum absolute atomic E-state index is 11.6. The van der Waals surface area contributed by atoms with Crippen molar-refractivity contribution in [2.24, 2.45) is 0 Å². The molecule has 0 spiro atoms. The number of hydrogen-bond acceptors (Lipinski definition) is 4. The van der Waals surface area contributed by atoms with Gasteiger partial charge in [0.2, 0.25) is 0 Å². The average molecular weight is 364 g/mol. The Morgan fingerprint density at radius 1 is 0.739 bits per heavy atom. The zero-order chi connectivity index (χ0) is 16.7. The molecule has 0 heterocycles. The number of hydrogen-bond donors (Lipinski definition) is 0. The molecular weight excluding hydrogens is 346 g/mol. The second kappa shape index (κ2) is 8.59. The summed E-state index contributed by atoms with van der Waals surface area (Å²) in [4.78, 5) is 23.2. The number of rotatable bonds is 6. The third-order valence-electron chi connectivity index (χ3n) is 3.34. The molecule has 0 saturated heterocycles. The SMILES string of the molecule is CCOC(=O)c1cc[c]([Zn][c]2ccc(C(=O)OCC)cc2)cc1. The third kappa shape index (κ3) is 5.00. The number of ether oxygens (including phenoxy) is 2. The van der Waals surface area contributed by atoms with Crippen molar-refractivity contribution < 1.29 is 36.2 Å². The predicted octanol–water partition coefficient (Wildman–Crippen LogP) is 2.07. The molecule has 0 aliphatic carbocycles. The second-order valence-electron chi connectivity index (χ2n) is 5.01. The Hall–Kier alpha value is -2.00. The summed E-state index contributed by atoms with van der Waals surface area (Å²) in [7, 11) is 0. The van der Waals surface area contributed by atoms with Crippen molar-refractivity contribution in [1.82, 2.24) is 0 Å². The van der Waals surface area contributed by atoms with Crippen molar-refractivity contribution >= 4 is 20.3 Å². The molecule has 23 heavy (non-hydrogen) atoms. The fourth-order valence-electron chi connectivity index (χ4n) is 2.18. The summed E-state index contributed by atoms with van der Waals surface area (Å²) in [6.07, 6.45) is 0. The number of carbonyl (C=O) groups is 2. The fraction of sp³-hybridized carbons (Fsp3) is 0.222. The summed E-state index contributed by atoms with van der Waals surface area (Å²) in [6.45, 7) is 4.35. The van der Waals surface area contributed by atoms with E-state index >= 15 is 0 Å². The molecule has 0 bridgehead atoms. The van der Waals surface area contributed by atoms with Crippen molar-refractivity contribution in [3.05, 3.63) is 59.7 Å². The van der Waals surface area contributed by atoms with E-state index in [1.54, 1.807) is 13.8 Å². The van der Waals surface area contributed by atoms with Crippen LogP contribution in [0.2, 0.25) is 0 Å². The van der Waals surface area contributed by atoms with Crippen LogP contribution in [0.5, 0.6) is 0 Å². The molecule has 5 heteroatoms. The van der Waals surface area contributed by atoms with Gasteiger partial charge in [-0.15, -0.1) is 0 Å². The molecule has 4 nitrogen and oxygen atoms in total. The zero-order valence-electron chi connectivity index (χ0n) is 13.4. The summed E-state index contributed by atoms with van der Waals surface area (Å²) < 4.78 is 12.5. The molecule has 0 aromatic heterocycles. The van der Waals surface area contributed by atoms with Crippen molar-refractivity contribution in [3.63, 3.8) is 0 Å². The molecule has 0 N–H and O–H groups in total. The second-order valence-corrected chi connectivity index (χ2v) is 9.18. The molecule has 0 aliphatic heterocycles. The van der Waals surface area contributed by atoms with Crippen LogP contribution in [0, 0.1) is 0 Å². The van der Waals surface area contributed by atoms with Crippen LogP contribution < -0.4 is 8.32 Å². The normalized spacial score (nSPS) is 9.83. The average Bonchev–Trinajstić information content (AvgIpc) is 2.56. The van der Waals surface area contributed by atoms with Crippen molar-refractivity contribution in [2.45, 2.75) is 13.8 Å². The molecule has 0 amide bonds. The van der Waals surface area contributed by atoms with Crippen LogP contribution >= 0.6 is 0 Å². The van der Waals surface area contributed by atoms with E-state index in [4.69, 9.17) is 9.47 Å². The van der Waals surface area contributed by atoms with Gasteiger partial charge in [0.1, 0.15) is 0 Å². The Morgan fingerprint density at radius 2 is 1.09 bits per heavy atom. The van der Waals surface area contributed by atoms with Gasteiger partial charge in [0, 0.05) is 0 Å². The molecule has 0 saturated carbocycles. The van der Waals surface area contributed by atoms with Crippen molar-refractivity contribution in [1.29, 1.82) is 0 Å². The van der Waals surface area contributed by atoms with Gasteiger partial charge in [-0.05, 0) is 0 Å². The summed E-state index contributed by atoms with van der Waals surface area (Å²) in [5.74, 6) is -0.573. The Kier molecular flexibility index (Phi) is 6.48. The van der Waals surface area contributed by atoms with Crippen LogP contribution in [0.4, 0.5) is 0 Å². The number of esters is 2. The van der Waals surface area contributed by atoms with E-state index in [1.165, 1.54) is 8.32 Å². The van der Waals surface area contributed by atoms with Crippen LogP contribution in [0.25, 0.3) is 0 Å². The molecule has 116 valence electrons. The third-order valence-corrected chi connectivity index (χ3v) is 7.03. The number of benzene rings is 2. The van der Waals surface area contributed by atoms with E-state index in [2.05, 4.69) is 0 Å². The minimum absolute atomic E-state index is 0.287. The summed E-state index contributed by atoms with van der Waals surface area (Å²) in [5, 5.41) is 0. The van der Waals surface area contributed by atoms with Crippen LogP contribution in [0.3, 0.4) is 0 Å². The first-order chi connectivity index (χ1) is 11.1. The van der Waals surface area contributed by atoms with Crippen LogP contribution in [-0.2, 0) is 26.6 Å². The van der Waals surface area contributed by atoms with Gasteiger partial charge in [0.15, 0.2) is 0 Å². The van der Waals surface area contributed by atoms with Gasteiger partial charge >= 0.3 is 143 Å². The Labute approximate surface area is 143 Å². The molecule has 2 aromatic rings. The van der Waals surface area contributed by atoms with Crippen molar-refractivity contribution in [3.8, 4) is 0 Å². The van der Waals surface area contributed by atoms with Gasteiger partial charge in [0.05, 0.1) is 0 Å². The Morgan fingerprint density at radius 3 is 1.39 bits per heavy atom. The minimum atomic E-state index is -1.12. The zero-order valence-corrected chi connectivity index (χ0v) is 16.3. The summed E-state index contributed by atoms with van der Waals surface area (Å²) in [6, 6.07) is 15.2. The van der Waals surface area contributed by atoms with E-state index < -0.39 is 17.1 Å². The van der Waals surface area contributed by atoms with Gasteiger partial charge < -0.3 is 0 Å². The monoisotopic (exact) mass is 362 g/mol. The topological polar surface area (TPSA) is 52.6 Å². The van der Waals surface area contributed by atoms with E-state index in [9.17, 15) is 9.59 Å². The maximum atomic E-state index is 11.6. The first kappa shape index (κ1) is 17.4. The Bertz CT molecular complexity index is 603. The summed E-state index contributed by atoms with van der Waals surface area (Å²) in [5.41, 5.74) is 1.16. The summed E-state index contributed by atoms with van der Waals surface area (Å²) >= 11 is -1.12. The van der Waals surface area contributed by atoms with Crippen LogP contribution in [0.1, 0.15) is 34.6 Å². The van der Waals surface area contributed by atoms with Gasteiger partial charge in [-0.1, -0.05) is 0 Å². The molecule has 0 unspecified atom stereocenters. The first-order valence-corrected chi connectivity index (χ1v) is 10.6. The van der Waals surface area contributed by atoms with Gasteiger partial charge in [0.25, 0.3) is 0 Å². The van der Waals surface area contributed by atoms with Crippen molar-refractivity contribution in [2.75, 3.05) is 13.2 Å². The molecule has 0 aliphatic rings. The van der Waals surface area contributed by atoms with Gasteiger partial charge in [-0.2, -0.15) is 0 Å². The Balaban J connectivity index is 2.02. The number of carbonyl (C=O) groups excluding carboxylic acids is 2. The standard InChI is InChI=1S/2C9H9O2.Zn/c2*1-2-11-9(10)8-6-4-3-5-7-8;/h2*4-7H,2H2,1H3;.